The predicted molar refractivity (Wildman–Crippen MR) is 39.5 cm³/mol. The molecule has 0 bridgehead atoms. The number of rotatable bonds is 0. The number of aryl methyl sites for hydroxylation is 1. The minimum absolute atomic E-state index is 0.989. The largest absolute Gasteiger partial charge is 0.261 e. The second-order valence-electron chi connectivity index (χ2n) is 2.54. The van der Waals surface area contributed by atoms with Gasteiger partial charge in [0, 0.05) is 11.9 Å². The molecule has 0 spiro atoms. The van der Waals surface area contributed by atoms with Gasteiger partial charge in [0.25, 0.3) is 0 Å². The van der Waals surface area contributed by atoms with E-state index in [0.717, 1.165) is 19.3 Å². The van der Waals surface area contributed by atoms with E-state index in [1.807, 2.05) is 12.3 Å². The molecule has 2 radical (unpaired) electrons. The molecule has 0 fully saturated rings. The van der Waals surface area contributed by atoms with Crippen molar-refractivity contribution in [3.8, 4) is 0 Å². The van der Waals surface area contributed by atoms with E-state index in [-0.39, 0.29) is 0 Å². The van der Waals surface area contributed by atoms with Crippen LogP contribution in [0.5, 0.6) is 0 Å². The highest BCUT2D eigenvalue weighted by Crippen LogP contribution is 2.16. The van der Waals surface area contributed by atoms with Crippen molar-refractivity contribution in [1.82, 2.24) is 4.98 Å². The van der Waals surface area contributed by atoms with Gasteiger partial charge in [0.1, 0.15) is 0 Å². The Balaban J connectivity index is 2.41. The molecule has 1 aromatic rings. The first kappa shape index (κ1) is 5.90. The highest BCUT2D eigenvalue weighted by atomic mass is 14.7. The summed E-state index contributed by atoms with van der Waals surface area (Å²) in [5.41, 5.74) is 2.62. The fourth-order valence-electron chi connectivity index (χ4n) is 1.29. The normalized spacial score (nSPS) is 16.4. The van der Waals surface area contributed by atoms with Crippen LogP contribution in [0.15, 0.2) is 18.3 Å². The van der Waals surface area contributed by atoms with Crippen molar-refractivity contribution in [1.29, 1.82) is 0 Å². The molecule has 10 heavy (non-hydrogen) atoms. The van der Waals surface area contributed by atoms with Crippen LogP contribution in [-0.2, 0) is 12.8 Å². The molecular weight excluding hydrogens is 122 g/mol. The first-order valence-corrected chi connectivity index (χ1v) is 3.60. The highest BCUT2D eigenvalue weighted by molar-refractivity contribution is 5.24. The Hall–Kier alpha value is -0.850. The number of nitrogens with zero attached hydrogens (tertiary/aromatic N) is 1. The molecule has 0 aromatic carbocycles. The van der Waals surface area contributed by atoms with E-state index in [2.05, 4.69) is 17.5 Å². The topological polar surface area (TPSA) is 12.9 Å². The molecule has 0 aliphatic heterocycles. The lowest BCUT2D eigenvalue weighted by Crippen LogP contribution is -2.04. The number of hydrogen-bond donors (Lipinski definition) is 0. The zero-order valence-electron chi connectivity index (χ0n) is 5.80. The van der Waals surface area contributed by atoms with Gasteiger partial charge in [-0.15, -0.1) is 0 Å². The molecule has 50 valence electrons. The Labute approximate surface area is 61.1 Å². The summed E-state index contributed by atoms with van der Waals surface area (Å²) in [5, 5.41) is 0. The van der Waals surface area contributed by atoms with E-state index in [1.165, 1.54) is 11.3 Å². The molecule has 1 heteroatoms. The molecule has 1 aliphatic rings. The number of aromatic nitrogens is 1. The van der Waals surface area contributed by atoms with Crippen molar-refractivity contribution in [3.63, 3.8) is 0 Å². The van der Waals surface area contributed by atoms with Gasteiger partial charge in [-0.2, -0.15) is 0 Å². The zero-order chi connectivity index (χ0) is 6.81. The molecule has 1 heterocycles. The van der Waals surface area contributed by atoms with Gasteiger partial charge in [-0.3, -0.25) is 4.98 Å². The third-order valence-corrected chi connectivity index (χ3v) is 1.84. The average Bonchev–Trinajstić information content (AvgIpc) is 2.05. The van der Waals surface area contributed by atoms with Gasteiger partial charge in [0.05, 0.1) is 0 Å². The Morgan fingerprint density at radius 3 is 3.40 bits per heavy atom. The summed E-state index contributed by atoms with van der Waals surface area (Å²) < 4.78 is 0. The minimum Gasteiger partial charge on any atom is -0.261 e. The standard InChI is InChI=1S/C9H9N/c1-2-6-9-8(4-1)5-3-7-10-9/h3,5,7H,2,4,6H2. The summed E-state index contributed by atoms with van der Waals surface area (Å²) in [5.74, 6) is 0. The number of fused-ring (bicyclic) bond motifs is 1. The highest BCUT2D eigenvalue weighted by Gasteiger charge is 2.08. The first-order valence-electron chi connectivity index (χ1n) is 3.60. The maximum atomic E-state index is 4.28. The SMILES string of the molecule is [C]1CCc2ncccc2C1. The fourth-order valence-corrected chi connectivity index (χ4v) is 1.29. The molecule has 0 amide bonds. The van der Waals surface area contributed by atoms with E-state index in [9.17, 15) is 0 Å². The van der Waals surface area contributed by atoms with Crippen molar-refractivity contribution < 1.29 is 0 Å². The van der Waals surface area contributed by atoms with E-state index in [1.54, 1.807) is 0 Å². The van der Waals surface area contributed by atoms with Crippen LogP contribution in [0.25, 0.3) is 0 Å². The van der Waals surface area contributed by atoms with E-state index in [4.69, 9.17) is 0 Å². The molecule has 0 atom stereocenters. The van der Waals surface area contributed by atoms with Gasteiger partial charge in [-0.1, -0.05) is 6.07 Å². The summed E-state index contributed by atoms with van der Waals surface area (Å²) in [6.45, 7) is 0. The molecule has 1 aromatic heterocycles. The molecule has 0 saturated heterocycles. The Morgan fingerprint density at radius 1 is 1.50 bits per heavy atom. The van der Waals surface area contributed by atoms with Crippen LogP contribution in [0, 0.1) is 6.42 Å². The average molecular weight is 131 g/mol. The third kappa shape index (κ3) is 0.919. The zero-order valence-corrected chi connectivity index (χ0v) is 5.80. The molecule has 0 saturated carbocycles. The van der Waals surface area contributed by atoms with Gasteiger partial charge in [0.2, 0.25) is 0 Å². The fraction of sp³-hybridized carbons (Fsp3) is 0.333. The summed E-state index contributed by atoms with van der Waals surface area (Å²) in [4.78, 5) is 4.28. The van der Waals surface area contributed by atoms with Crippen LogP contribution >= 0.6 is 0 Å². The summed E-state index contributed by atoms with van der Waals surface area (Å²) >= 11 is 0. The maximum absolute atomic E-state index is 4.28. The first-order chi connectivity index (χ1) is 4.97. The summed E-state index contributed by atoms with van der Waals surface area (Å²) in [6.07, 6.45) is 8.31. The van der Waals surface area contributed by atoms with Crippen LogP contribution in [0.3, 0.4) is 0 Å². The molecule has 2 rings (SSSR count). The lowest BCUT2D eigenvalue weighted by Gasteiger charge is -2.11. The van der Waals surface area contributed by atoms with Crippen molar-refractivity contribution in [2.24, 2.45) is 0 Å². The third-order valence-electron chi connectivity index (χ3n) is 1.84. The monoisotopic (exact) mass is 131 g/mol. The Bertz CT molecular complexity index is 205. The van der Waals surface area contributed by atoms with Crippen molar-refractivity contribution >= 4 is 0 Å². The second-order valence-corrected chi connectivity index (χ2v) is 2.54. The molecule has 1 aliphatic carbocycles. The van der Waals surface area contributed by atoms with Gasteiger partial charge in [0.15, 0.2) is 0 Å². The minimum atomic E-state index is 0.989. The quantitative estimate of drug-likeness (QED) is 0.521. The van der Waals surface area contributed by atoms with Gasteiger partial charge in [-0.05, 0) is 37.3 Å². The summed E-state index contributed by atoms with van der Waals surface area (Å²) in [7, 11) is 0. The smallest absolute Gasteiger partial charge is 0.0435 e. The second kappa shape index (κ2) is 2.41. The van der Waals surface area contributed by atoms with Crippen molar-refractivity contribution in [3.05, 3.63) is 36.0 Å². The maximum Gasteiger partial charge on any atom is 0.0435 e. The number of pyridine rings is 1. The van der Waals surface area contributed by atoms with Gasteiger partial charge < -0.3 is 0 Å². The van der Waals surface area contributed by atoms with E-state index >= 15 is 0 Å². The van der Waals surface area contributed by atoms with E-state index in [0.29, 0.717) is 0 Å². The van der Waals surface area contributed by atoms with Crippen LogP contribution in [0.4, 0.5) is 0 Å². The van der Waals surface area contributed by atoms with Crippen molar-refractivity contribution in [2.75, 3.05) is 0 Å². The molecule has 0 N–H and O–H groups in total. The lowest BCUT2D eigenvalue weighted by atomic mass is 9.96. The molecule has 1 nitrogen and oxygen atoms in total. The molecular formula is C9H9N. The number of hydrogen-bond acceptors (Lipinski definition) is 1. The predicted octanol–water partition coefficient (Wildman–Crippen LogP) is 1.65. The van der Waals surface area contributed by atoms with Gasteiger partial charge in [-0.25, -0.2) is 0 Å². The lowest BCUT2D eigenvalue weighted by molar-refractivity contribution is 0.795. The van der Waals surface area contributed by atoms with E-state index < -0.39 is 0 Å². The van der Waals surface area contributed by atoms with Crippen LogP contribution in [0.2, 0.25) is 0 Å². The van der Waals surface area contributed by atoms with Crippen LogP contribution in [0.1, 0.15) is 17.7 Å². The molecule has 0 unspecified atom stereocenters. The van der Waals surface area contributed by atoms with Gasteiger partial charge >= 0.3 is 0 Å². The Kier molecular flexibility index (Phi) is 1.42. The van der Waals surface area contributed by atoms with Crippen LogP contribution < -0.4 is 0 Å². The Morgan fingerprint density at radius 2 is 2.50 bits per heavy atom. The summed E-state index contributed by atoms with van der Waals surface area (Å²) in [6, 6.07) is 4.13. The van der Waals surface area contributed by atoms with Crippen LogP contribution in [-0.4, -0.2) is 4.98 Å². The van der Waals surface area contributed by atoms with Crippen molar-refractivity contribution in [2.45, 2.75) is 19.3 Å².